The first-order chi connectivity index (χ1) is 9.93. The van der Waals surface area contributed by atoms with Crippen LogP contribution in [0, 0.1) is 5.82 Å². The largest absolute Gasteiger partial charge is 0.494 e. The summed E-state index contributed by atoms with van der Waals surface area (Å²) in [6, 6.07) is 4.22. The zero-order valence-electron chi connectivity index (χ0n) is 11.9. The lowest BCUT2D eigenvalue weighted by atomic mass is 9.99. The van der Waals surface area contributed by atoms with Crippen molar-refractivity contribution in [2.45, 2.75) is 25.8 Å². The highest BCUT2D eigenvalue weighted by Crippen LogP contribution is 2.28. The first-order valence-corrected chi connectivity index (χ1v) is 6.30. The van der Waals surface area contributed by atoms with E-state index in [1.807, 2.05) is 0 Å². The highest BCUT2D eigenvalue weighted by molar-refractivity contribution is 5.77. The number of methoxy groups -OCH3 is 1. The average Bonchev–Trinajstić information content (AvgIpc) is 2.95. The number of carbonyl (C=O) groups is 1. The van der Waals surface area contributed by atoms with Crippen molar-refractivity contribution >= 4 is 5.97 Å². The van der Waals surface area contributed by atoms with Gasteiger partial charge in [0, 0.05) is 5.56 Å². The third kappa shape index (κ3) is 2.44. The number of carboxylic acids is 1. The van der Waals surface area contributed by atoms with E-state index < -0.39 is 17.3 Å². The fraction of sp³-hybridized carbons (Fsp3) is 0.385. The minimum absolute atomic E-state index is 0.0919. The molecule has 8 heteroatoms. The quantitative estimate of drug-likeness (QED) is 0.902. The Bertz CT molecular complexity index is 673. The molecule has 0 saturated carbocycles. The number of ether oxygens (including phenoxy) is 1. The van der Waals surface area contributed by atoms with Crippen molar-refractivity contribution in [2.75, 3.05) is 7.11 Å². The SMILES string of the molecule is CCC(C)(C(=O)O)n1nnnc1-c1ccc(OC)c(F)c1. The van der Waals surface area contributed by atoms with Crippen LogP contribution in [0.1, 0.15) is 20.3 Å². The lowest BCUT2D eigenvalue weighted by molar-refractivity contribution is -0.147. The molecule has 1 atom stereocenters. The summed E-state index contributed by atoms with van der Waals surface area (Å²) in [5.74, 6) is -1.36. The Kier molecular flexibility index (Phi) is 3.88. The molecule has 1 aromatic carbocycles. The minimum atomic E-state index is -1.31. The predicted octanol–water partition coefficient (Wildman–Crippen LogP) is 1.70. The fourth-order valence-electron chi connectivity index (χ4n) is 1.90. The number of aromatic nitrogens is 4. The van der Waals surface area contributed by atoms with Crippen LogP contribution in [0.5, 0.6) is 5.75 Å². The van der Waals surface area contributed by atoms with Gasteiger partial charge in [0.05, 0.1) is 7.11 Å². The zero-order valence-corrected chi connectivity index (χ0v) is 11.9. The van der Waals surface area contributed by atoms with Crippen LogP contribution in [-0.4, -0.2) is 38.4 Å². The van der Waals surface area contributed by atoms with Crippen LogP contribution in [-0.2, 0) is 10.3 Å². The van der Waals surface area contributed by atoms with Gasteiger partial charge in [0.25, 0.3) is 0 Å². The van der Waals surface area contributed by atoms with Gasteiger partial charge in [0.1, 0.15) is 0 Å². The summed E-state index contributed by atoms with van der Waals surface area (Å²) in [4.78, 5) is 11.5. The van der Waals surface area contributed by atoms with Gasteiger partial charge in [-0.05, 0) is 42.0 Å². The molecule has 0 aliphatic heterocycles. The first kappa shape index (κ1) is 14.9. The summed E-state index contributed by atoms with van der Waals surface area (Å²) in [6.07, 6.45) is 0.277. The molecule has 0 aliphatic carbocycles. The molecule has 2 rings (SSSR count). The molecular weight excluding hydrogens is 279 g/mol. The van der Waals surface area contributed by atoms with Crippen LogP contribution in [0.15, 0.2) is 18.2 Å². The van der Waals surface area contributed by atoms with Crippen LogP contribution in [0.25, 0.3) is 11.4 Å². The Balaban J connectivity index is 2.55. The lowest BCUT2D eigenvalue weighted by Crippen LogP contribution is -2.39. The summed E-state index contributed by atoms with van der Waals surface area (Å²) in [7, 11) is 1.36. The standard InChI is InChI=1S/C13H15FN4O3/c1-4-13(2,12(19)20)18-11(15-16-17-18)8-5-6-10(21-3)9(14)7-8/h5-7H,4H2,1-3H3,(H,19,20). The van der Waals surface area contributed by atoms with Gasteiger partial charge in [-0.15, -0.1) is 5.10 Å². The molecule has 0 amide bonds. The van der Waals surface area contributed by atoms with E-state index in [0.717, 1.165) is 0 Å². The maximum absolute atomic E-state index is 13.8. The van der Waals surface area contributed by atoms with E-state index in [2.05, 4.69) is 15.5 Å². The van der Waals surface area contributed by atoms with Gasteiger partial charge in [-0.2, -0.15) is 0 Å². The highest BCUT2D eigenvalue weighted by Gasteiger charge is 2.37. The van der Waals surface area contributed by atoms with Gasteiger partial charge in [-0.3, -0.25) is 0 Å². The van der Waals surface area contributed by atoms with Crippen LogP contribution in [0.4, 0.5) is 4.39 Å². The lowest BCUT2D eigenvalue weighted by Gasteiger charge is -2.24. The van der Waals surface area contributed by atoms with Crippen molar-refractivity contribution in [3.8, 4) is 17.1 Å². The fourth-order valence-corrected chi connectivity index (χ4v) is 1.90. The number of nitrogens with zero attached hydrogens (tertiary/aromatic N) is 4. The number of halogens is 1. The normalized spacial score (nSPS) is 13.7. The van der Waals surface area contributed by atoms with Crippen LogP contribution < -0.4 is 4.74 Å². The summed E-state index contributed by atoms with van der Waals surface area (Å²) >= 11 is 0. The molecule has 1 unspecified atom stereocenters. The molecule has 112 valence electrons. The van der Waals surface area contributed by atoms with Gasteiger partial charge in [0.2, 0.25) is 0 Å². The maximum atomic E-state index is 13.8. The number of benzene rings is 1. The second-order valence-corrected chi connectivity index (χ2v) is 4.70. The first-order valence-electron chi connectivity index (χ1n) is 6.30. The van der Waals surface area contributed by atoms with Crippen LogP contribution in [0.3, 0.4) is 0 Å². The number of tetrazole rings is 1. The Labute approximate surface area is 120 Å². The second kappa shape index (κ2) is 5.47. The van der Waals surface area contributed by atoms with Crippen molar-refractivity contribution in [3.63, 3.8) is 0 Å². The van der Waals surface area contributed by atoms with E-state index in [0.29, 0.717) is 5.56 Å². The van der Waals surface area contributed by atoms with Gasteiger partial charge in [-0.1, -0.05) is 6.92 Å². The van der Waals surface area contributed by atoms with Crippen LogP contribution >= 0.6 is 0 Å². The van der Waals surface area contributed by atoms with Crippen molar-refractivity contribution in [1.29, 1.82) is 0 Å². The average molecular weight is 294 g/mol. The molecule has 7 nitrogen and oxygen atoms in total. The Morgan fingerprint density at radius 2 is 2.24 bits per heavy atom. The monoisotopic (exact) mass is 294 g/mol. The molecular formula is C13H15FN4O3. The van der Waals surface area contributed by atoms with Gasteiger partial charge in [0.15, 0.2) is 22.9 Å². The molecule has 0 bridgehead atoms. The highest BCUT2D eigenvalue weighted by atomic mass is 19.1. The number of hydrogen-bond donors (Lipinski definition) is 1. The number of carboxylic acid groups (broad SMARTS) is 1. The topological polar surface area (TPSA) is 90.1 Å². The van der Waals surface area contributed by atoms with E-state index in [1.165, 1.54) is 30.8 Å². The molecule has 0 saturated heterocycles. The van der Waals surface area contributed by atoms with E-state index in [1.54, 1.807) is 13.0 Å². The predicted molar refractivity (Wildman–Crippen MR) is 71.3 cm³/mol. The number of hydrogen-bond acceptors (Lipinski definition) is 5. The second-order valence-electron chi connectivity index (χ2n) is 4.70. The van der Waals surface area contributed by atoms with Crippen molar-refractivity contribution in [1.82, 2.24) is 20.2 Å². The molecule has 1 N–H and O–H groups in total. The Hall–Kier alpha value is -2.51. The smallest absolute Gasteiger partial charge is 0.331 e. The van der Waals surface area contributed by atoms with Crippen LogP contribution in [0.2, 0.25) is 0 Å². The van der Waals surface area contributed by atoms with Crippen molar-refractivity contribution < 1.29 is 19.0 Å². The molecule has 0 radical (unpaired) electrons. The summed E-state index contributed by atoms with van der Waals surface area (Å²) in [5, 5.41) is 20.5. The molecule has 0 aliphatic rings. The molecule has 0 fully saturated rings. The van der Waals surface area contributed by atoms with Crippen molar-refractivity contribution in [3.05, 3.63) is 24.0 Å². The van der Waals surface area contributed by atoms with Gasteiger partial charge >= 0.3 is 5.97 Å². The molecule has 1 heterocycles. The molecule has 0 spiro atoms. The maximum Gasteiger partial charge on any atom is 0.331 e. The molecule has 2 aromatic rings. The third-order valence-corrected chi connectivity index (χ3v) is 3.50. The summed E-state index contributed by atoms with van der Waals surface area (Å²) in [5.41, 5.74) is -0.936. The van der Waals surface area contributed by atoms with Gasteiger partial charge < -0.3 is 9.84 Å². The van der Waals surface area contributed by atoms with E-state index in [9.17, 15) is 14.3 Å². The minimum Gasteiger partial charge on any atom is -0.494 e. The molecule has 1 aromatic heterocycles. The summed E-state index contributed by atoms with van der Waals surface area (Å²) in [6.45, 7) is 3.23. The zero-order chi connectivity index (χ0) is 15.6. The third-order valence-electron chi connectivity index (χ3n) is 3.50. The van der Waals surface area contributed by atoms with E-state index >= 15 is 0 Å². The number of aliphatic carboxylic acids is 1. The van der Waals surface area contributed by atoms with E-state index in [4.69, 9.17) is 4.74 Å². The number of rotatable bonds is 5. The Morgan fingerprint density at radius 1 is 1.52 bits per heavy atom. The molecule has 21 heavy (non-hydrogen) atoms. The van der Waals surface area contributed by atoms with Crippen molar-refractivity contribution in [2.24, 2.45) is 0 Å². The summed E-state index contributed by atoms with van der Waals surface area (Å²) < 4.78 is 19.8. The Morgan fingerprint density at radius 3 is 2.76 bits per heavy atom. The van der Waals surface area contributed by atoms with E-state index in [-0.39, 0.29) is 18.0 Å². The van der Waals surface area contributed by atoms with Gasteiger partial charge in [-0.25, -0.2) is 13.9 Å².